The Kier molecular flexibility index (Phi) is 4.03. The number of hydrogen-bond donors (Lipinski definition) is 3. The van der Waals surface area contributed by atoms with Gasteiger partial charge in [0, 0.05) is 6.07 Å². The lowest BCUT2D eigenvalue weighted by atomic mass is 10.1. The molecule has 0 radical (unpaired) electrons. The number of amides is 1. The van der Waals surface area contributed by atoms with Crippen LogP contribution in [0.15, 0.2) is 42.5 Å². The van der Waals surface area contributed by atoms with Gasteiger partial charge in [0.2, 0.25) is 5.91 Å². The van der Waals surface area contributed by atoms with E-state index in [-0.39, 0.29) is 29.3 Å². The standard InChI is InChI=1S/C14H12N2O5/c17-10-6-4-9(5-7-10)8-13(19)15-14-11(16(20)21)2-1-3-12(14)18/h1-7,17-18H,8H2,(H,15,19). The maximum Gasteiger partial charge on any atom is 0.296 e. The van der Waals surface area contributed by atoms with Crippen LogP contribution in [0.1, 0.15) is 5.56 Å². The Morgan fingerprint density at radius 2 is 1.81 bits per heavy atom. The molecular weight excluding hydrogens is 276 g/mol. The molecule has 0 heterocycles. The highest BCUT2D eigenvalue weighted by atomic mass is 16.6. The van der Waals surface area contributed by atoms with Gasteiger partial charge in [0.1, 0.15) is 11.5 Å². The number of phenolic OH excluding ortho intramolecular Hbond substituents is 2. The van der Waals surface area contributed by atoms with Gasteiger partial charge in [0.15, 0.2) is 5.69 Å². The van der Waals surface area contributed by atoms with Crippen LogP contribution >= 0.6 is 0 Å². The summed E-state index contributed by atoms with van der Waals surface area (Å²) in [5.74, 6) is -0.802. The van der Waals surface area contributed by atoms with Crippen molar-refractivity contribution in [2.75, 3.05) is 5.32 Å². The van der Waals surface area contributed by atoms with Gasteiger partial charge in [-0.05, 0) is 23.8 Å². The van der Waals surface area contributed by atoms with E-state index in [1.165, 1.54) is 30.3 Å². The number of nitro benzene ring substituents is 1. The molecule has 1 amide bonds. The van der Waals surface area contributed by atoms with E-state index in [9.17, 15) is 20.0 Å². The molecule has 7 nitrogen and oxygen atoms in total. The molecule has 0 saturated carbocycles. The van der Waals surface area contributed by atoms with E-state index in [2.05, 4.69) is 5.32 Å². The molecule has 0 saturated heterocycles. The lowest BCUT2D eigenvalue weighted by Gasteiger charge is -2.08. The van der Waals surface area contributed by atoms with E-state index < -0.39 is 10.8 Å². The first-order chi connectivity index (χ1) is 9.97. The summed E-state index contributed by atoms with van der Waals surface area (Å²) >= 11 is 0. The first-order valence-corrected chi connectivity index (χ1v) is 6.01. The molecule has 2 rings (SSSR count). The number of rotatable bonds is 4. The number of benzene rings is 2. The van der Waals surface area contributed by atoms with Gasteiger partial charge in [0.05, 0.1) is 11.3 Å². The van der Waals surface area contributed by atoms with Gasteiger partial charge in [0.25, 0.3) is 5.69 Å². The minimum absolute atomic E-state index is 0.0359. The van der Waals surface area contributed by atoms with E-state index in [4.69, 9.17) is 5.11 Å². The monoisotopic (exact) mass is 288 g/mol. The van der Waals surface area contributed by atoms with E-state index in [0.717, 1.165) is 0 Å². The van der Waals surface area contributed by atoms with Crippen molar-refractivity contribution in [3.63, 3.8) is 0 Å². The summed E-state index contributed by atoms with van der Waals surface area (Å²) < 4.78 is 0. The van der Waals surface area contributed by atoms with Gasteiger partial charge >= 0.3 is 0 Å². The highest BCUT2D eigenvalue weighted by molar-refractivity contribution is 5.96. The number of carbonyl (C=O) groups excluding carboxylic acids is 1. The normalized spacial score (nSPS) is 10.1. The van der Waals surface area contributed by atoms with Gasteiger partial charge in [-0.3, -0.25) is 14.9 Å². The SMILES string of the molecule is O=C(Cc1ccc(O)cc1)Nc1c(O)cccc1[N+](=O)[O-]. The third-order valence-electron chi connectivity index (χ3n) is 2.78. The lowest BCUT2D eigenvalue weighted by Crippen LogP contribution is -2.15. The smallest absolute Gasteiger partial charge is 0.296 e. The first-order valence-electron chi connectivity index (χ1n) is 6.01. The summed E-state index contributed by atoms with van der Waals surface area (Å²) in [7, 11) is 0. The zero-order valence-corrected chi connectivity index (χ0v) is 10.8. The number of para-hydroxylation sites is 1. The Bertz CT molecular complexity index is 682. The molecular formula is C14H12N2O5. The van der Waals surface area contributed by atoms with Crippen LogP contribution < -0.4 is 5.32 Å². The number of nitrogens with one attached hydrogen (secondary N) is 1. The van der Waals surface area contributed by atoms with Crippen molar-refractivity contribution in [2.24, 2.45) is 0 Å². The number of phenols is 2. The average Bonchev–Trinajstić information content (AvgIpc) is 2.43. The Balaban J connectivity index is 2.16. The molecule has 0 unspecified atom stereocenters. The predicted octanol–water partition coefficient (Wildman–Crippen LogP) is 2.19. The van der Waals surface area contributed by atoms with Crippen LogP contribution in [0.2, 0.25) is 0 Å². The van der Waals surface area contributed by atoms with Crippen LogP contribution in [0.25, 0.3) is 0 Å². The van der Waals surface area contributed by atoms with Gasteiger partial charge in [-0.15, -0.1) is 0 Å². The molecule has 3 N–H and O–H groups in total. The molecule has 7 heteroatoms. The molecule has 0 aliphatic carbocycles. The molecule has 2 aromatic rings. The number of anilines is 1. The molecule has 108 valence electrons. The Morgan fingerprint density at radius 1 is 1.14 bits per heavy atom. The third-order valence-corrected chi connectivity index (χ3v) is 2.78. The zero-order chi connectivity index (χ0) is 15.4. The zero-order valence-electron chi connectivity index (χ0n) is 10.8. The quantitative estimate of drug-likeness (QED) is 0.453. The van der Waals surface area contributed by atoms with Gasteiger partial charge in [-0.1, -0.05) is 18.2 Å². The maximum absolute atomic E-state index is 11.9. The van der Waals surface area contributed by atoms with Crippen molar-refractivity contribution in [3.05, 3.63) is 58.1 Å². The highest BCUT2D eigenvalue weighted by Gasteiger charge is 2.19. The highest BCUT2D eigenvalue weighted by Crippen LogP contribution is 2.33. The summed E-state index contributed by atoms with van der Waals surface area (Å²) in [5, 5.41) is 32.0. The number of nitrogens with zero attached hydrogens (tertiary/aromatic N) is 1. The van der Waals surface area contributed by atoms with Crippen molar-refractivity contribution in [2.45, 2.75) is 6.42 Å². The van der Waals surface area contributed by atoms with Crippen LogP contribution in [0.4, 0.5) is 11.4 Å². The van der Waals surface area contributed by atoms with E-state index >= 15 is 0 Å². The Morgan fingerprint density at radius 3 is 2.43 bits per heavy atom. The van der Waals surface area contributed by atoms with Crippen molar-refractivity contribution >= 4 is 17.3 Å². The molecule has 0 fully saturated rings. The lowest BCUT2D eigenvalue weighted by molar-refractivity contribution is -0.384. The number of aromatic hydroxyl groups is 2. The Hall–Kier alpha value is -3.09. The summed E-state index contributed by atoms with van der Waals surface area (Å²) in [6.07, 6.45) is -0.0359. The number of carbonyl (C=O) groups is 1. The number of nitro groups is 1. The summed E-state index contributed by atoms with van der Waals surface area (Å²) in [6, 6.07) is 9.76. The fourth-order valence-electron chi connectivity index (χ4n) is 1.79. The van der Waals surface area contributed by atoms with E-state index in [1.54, 1.807) is 12.1 Å². The molecule has 2 aromatic carbocycles. The van der Waals surface area contributed by atoms with Crippen LogP contribution in [-0.4, -0.2) is 21.0 Å². The van der Waals surface area contributed by atoms with Crippen molar-refractivity contribution in [3.8, 4) is 11.5 Å². The van der Waals surface area contributed by atoms with Crippen LogP contribution in [0.3, 0.4) is 0 Å². The summed E-state index contributed by atoms with van der Waals surface area (Å²) in [5.41, 5.74) is 0.0173. The summed E-state index contributed by atoms with van der Waals surface area (Å²) in [6.45, 7) is 0. The fourth-order valence-corrected chi connectivity index (χ4v) is 1.79. The molecule has 0 aliphatic heterocycles. The van der Waals surface area contributed by atoms with Gasteiger partial charge in [-0.2, -0.15) is 0 Å². The fraction of sp³-hybridized carbons (Fsp3) is 0.0714. The second-order valence-electron chi connectivity index (χ2n) is 4.32. The van der Waals surface area contributed by atoms with Crippen LogP contribution in [-0.2, 0) is 11.2 Å². The van der Waals surface area contributed by atoms with Crippen molar-refractivity contribution < 1.29 is 19.9 Å². The minimum Gasteiger partial charge on any atom is -0.508 e. The first kappa shape index (κ1) is 14.3. The molecule has 0 spiro atoms. The van der Waals surface area contributed by atoms with Gasteiger partial charge < -0.3 is 15.5 Å². The summed E-state index contributed by atoms with van der Waals surface area (Å²) in [4.78, 5) is 22.1. The van der Waals surface area contributed by atoms with E-state index in [1.807, 2.05) is 0 Å². The second kappa shape index (κ2) is 5.91. The molecule has 21 heavy (non-hydrogen) atoms. The molecule has 0 bridgehead atoms. The predicted molar refractivity (Wildman–Crippen MR) is 75.2 cm³/mol. The second-order valence-corrected chi connectivity index (χ2v) is 4.32. The van der Waals surface area contributed by atoms with Crippen molar-refractivity contribution in [1.82, 2.24) is 0 Å². The maximum atomic E-state index is 11.9. The van der Waals surface area contributed by atoms with Gasteiger partial charge in [-0.25, -0.2) is 0 Å². The molecule has 0 aromatic heterocycles. The topological polar surface area (TPSA) is 113 Å². The third kappa shape index (κ3) is 3.47. The molecule has 0 aliphatic rings. The number of hydrogen-bond acceptors (Lipinski definition) is 5. The Labute approximate surface area is 119 Å². The van der Waals surface area contributed by atoms with Crippen LogP contribution in [0.5, 0.6) is 11.5 Å². The molecule has 0 atom stereocenters. The van der Waals surface area contributed by atoms with E-state index in [0.29, 0.717) is 5.56 Å². The average molecular weight is 288 g/mol. The largest absolute Gasteiger partial charge is 0.508 e. The minimum atomic E-state index is -0.685. The van der Waals surface area contributed by atoms with Crippen LogP contribution in [0, 0.1) is 10.1 Å². The van der Waals surface area contributed by atoms with Crippen molar-refractivity contribution in [1.29, 1.82) is 0 Å².